The highest BCUT2D eigenvalue weighted by Gasteiger charge is 2.43. The van der Waals surface area contributed by atoms with Gasteiger partial charge in [0.05, 0.1) is 12.5 Å². The third kappa shape index (κ3) is 2.49. The Balaban J connectivity index is 2.59. The van der Waals surface area contributed by atoms with Crippen molar-refractivity contribution in [3.63, 3.8) is 0 Å². The molecule has 0 spiro atoms. The van der Waals surface area contributed by atoms with Gasteiger partial charge < -0.3 is 9.84 Å². The number of carboxylic acids is 1. The van der Waals surface area contributed by atoms with E-state index in [1.165, 1.54) is 25.3 Å². The SMILES string of the molecule is COc1ccc(C(F)F)c(C2(C(=O)O)CCCCC2)c1. The molecule has 1 aliphatic carbocycles. The molecule has 1 fully saturated rings. The Kier molecular flexibility index (Phi) is 4.26. The zero-order valence-electron chi connectivity index (χ0n) is 11.4. The smallest absolute Gasteiger partial charge is 0.314 e. The highest BCUT2D eigenvalue weighted by molar-refractivity contribution is 5.82. The van der Waals surface area contributed by atoms with Crippen LogP contribution in [0.25, 0.3) is 0 Å². The van der Waals surface area contributed by atoms with Gasteiger partial charge >= 0.3 is 5.97 Å². The highest BCUT2D eigenvalue weighted by Crippen LogP contribution is 2.44. The van der Waals surface area contributed by atoms with Gasteiger partial charge in [-0.15, -0.1) is 0 Å². The number of ether oxygens (including phenoxy) is 1. The molecule has 1 saturated carbocycles. The van der Waals surface area contributed by atoms with Crippen LogP contribution in [-0.2, 0) is 10.2 Å². The lowest BCUT2D eigenvalue weighted by Crippen LogP contribution is -2.38. The quantitative estimate of drug-likeness (QED) is 0.911. The number of hydrogen-bond donors (Lipinski definition) is 1. The van der Waals surface area contributed by atoms with Crippen molar-refractivity contribution in [2.75, 3.05) is 7.11 Å². The molecule has 0 amide bonds. The predicted octanol–water partition coefficient (Wildman–Crippen LogP) is 3.92. The normalized spacial score (nSPS) is 18.0. The highest BCUT2D eigenvalue weighted by atomic mass is 19.3. The second-order valence-corrected chi connectivity index (χ2v) is 5.20. The van der Waals surface area contributed by atoms with Crippen LogP contribution >= 0.6 is 0 Å². The lowest BCUT2D eigenvalue weighted by atomic mass is 9.68. The molecule has 20 heavy (non-hydrogen) atoms. The second kappa shape index (κ2) is 5.77. The molecule has 1 aliphatic rings. The number of methoxy groups -OCH3 is 1. The van der Waals surface area contributed by atoms with Crippen molar-refractivity contribution in [1.82, 2.24) is 0 Å². The topological polar surface area (TPSA) is 46.5 Å². The Morgan fingerprint density at radius 2 is 1.95 bits per heavy atom. The van der Waals surface area contributed by atoms with Crippen LogP contribution < -0.4 is 4.74 Å². The largest absolute Gasteiger partial charge is 0.497 e. The molecule has 0 heterocycles. The minimum absolute atomic E-state index is 0.199. The summed E-state index contributed by atoms with van der Waals surface area (Å²) in [6, 6.07) is 4.18. The monoisotopic (exact) mass is 284 g/mol. The van der Waals surface area contributed by atoms with E-state index in [9.17, 15) is 18.7 Å². The van der Waals surface area contributed by atoms with E-state index in [1.807, 2.05) is 0 Å². The van der Waals surface area contributed by atoms with Crippen LogP contribution in [0.15, 0.2) is 18.2 Å². The van der Waals surface area contributed by atoms with Crippen molar-refractivity contribution in [1.29, 1.82) is 0 Å². The number of hydrogen-bond acceptors (Lipinski definition) is 2. The number of alkyl halides is 2. The van der Waals surface area contributed by atoms with Gasteiger partial charge in [0.1, 0.15) is 5.75 Å². The Labute approximate surface area is 116 Å². The van der Waals surface area contributed by atoms with E-state index >= 15 is 0 Å². The number of carboxylic acid groups (broad SMARTS) is 1. The lowest BCUT2D eigenvalue weighted by molar-refractivity contribution is -0.145. The minimum Gasteiger partial charge on any atom is -0.497 e. The van der Waals surface area contributed by atoms with Gasteiger partial charge in [0, 0.05) is 5.56 Å². The predicted molar refractivity (Wildman–Crippen MR) is 70.3 cm³/mol. The molecule has 0 saturated heterocycles. The maximum atomic E-state index is 13.2. The van der Waals surface area contributed by atoms with Crippen molar-refractivity contribution < 1.29 is 23.4 Å². The van der Waals surface area contributed by atoms with E-state index in [0.29, 0.717) is 18.6 Å². The van der Waals surface area contributed by atoms with E-state index in [0.717, 1.165) is 19.3 Å². The molecule has 0 atom stereocenters. The molecule has 0 bridgehead atoms. The number of aliphatic carboxylic acids is 1. The molecular formula is C15H18F2O3. The fraction of sp³-hybridized carbons (Fsp3) is 0.533. The van der Waals surface area contributed by atoms with Crippen molar-refractivity contribution >= 4 is 5.97 Å². The van der Waals surface area contributed by atoms with Gasteiger partial charge in [-0.1, -0.05) is 19.3 Å². The molecule has 0 radical (unpaired) electrons. The van der Waals surface area contributed by atoms with Crippen LogP contribution in [0.3, 0.4) is 0 Å². The average Bonchev–Trinajstić information content (AvgIpc) is 2.47. The second-order valence-electron chi connectivity index (χ2n) is 5.20. The van der Waals surface area contributed by atoms with E-state index < -0.39 is 17.8 Å². The molecule has 3 nitrogen and oxygen atoms in total. The minimum atomic E-state index is -2.69. The average molecular weight is 284 g/mol. The molecule has 1 aromatic rings. The van der Waals surface area contributed by atoms with Crippen LogP contribution in [0.1, 0.15) is 49.7 Å². The Morgan fingerprint density at radius 3 is 2.45 bits per heavy atom. The van der Waals surface area contributed by atoms with E-state index in [4.69, 9.17) is 4.74 Å². The Morgan fingerprint density at radius 1 is 1.30 bits per heavy atom. The Bertz CT molecular complexity index is 494. The van der Waals surface area contributed by atoms with E-state index in [2.05, 4.69) is 0 Å². The summed E-state index contributed by atoms with van der Waals surface area (Å²) in [5.74, 6) is -0.608. The van der Waals surface area contributed by atoms with E-state index in [1.54, 1.807) is 0 Å². The molecule has 5 heteroatoms. The zero-order valence-corrected chi connectivity index (χ0v) is 11.4. The first kappa shape index (κ1) is 14.8. The summed E-state index contributed by atoms with van der Waals surface area (Å²) in [7, 11) is 1.44. The van der Waals surface area contributed by atoms with Crippen molar-refractivity contribution in [2.24, 2.45) is 0 Å². The van der Waals surface area contributed by atoms with Gasteiger partial charge in [0.2, 0.25) is 0 Å². The van der Waals surface area contributed by atoms with Crippen molar-refractivity contribution in [3.8, 4) is 5.75 Å². The summed E-state index contributed by atoms with van der Waals surface area (Å²) < 4.78 is 31.5. The van der Waals surface area contributed by atoms with Crippen LogP contribution in [0.5, 0.6) is 5.75 Å². The summed E-state index contributed by atoms with van der Waals surface area (Å²) in [6.45, 7) is 0. The number of rotatable bonds is 4. The van der Waals surface area contributed by atoms with Crippen LogP contribution in [0, 0.1) is 0 Å². The maximum Gasteiger partial charge on any atom is 0.314 e. The molecule has 110 valence electrons. The molecule has 0 aromatic heterocycles. The first-order valence-corrected chi connectivity index (χ1v) is 6.71. The van der Waals surface area contributed by atoms with Gasteiger partial charge in [-0.2, -0.15) is 0 Å². The van der Waals surface area contributed by atoms with Gasteiger partial charge in [-0.05, 0) is 36.6 Å². The molecular weight excluding hydrogens is 266 g/mol. The fourth-order valence-corrected chi connectivity index (χ4v) is 3.02. The summed E-state index contributed by atoms with van der Waals surface area (Å²) in [5.41, 5.74) is -1.20. The summed E-state index contributed by atoms with van der Waals surface area (Å²) in [4.78, 5) is 11.8. The summed E-state index contributed by atoms with van der Waals surface area (Å²) in [5, 5.41) is 9.63. The number of carbonyl (C=O) groups is 1. The van der Waals surface area contributed by atoms with Gasteiger partial charge in [-0.3, -0.25) is 4.79 Å². The Hall–Kier alpha value is -1.65. The van der Waals surface area contributed by atoms with Gasteiger partial charge in [-0.25, -0.2) is 8.78 Å². The maximum absolute atomic E-state index is 13.2. The number of halogens is 2. The molecule has 0 aliphatic heterocycles. The summed E-state index contributed by atoms with van der Waals surface area (Å²) >= 11 is 0. The van der Waals surface area contributed by atoms with Crippen molar-refractivity contribution in [3.05, 3.63) is 29.3 Å². The standard InChI is InChI=1S/C15H18F2O3/c1-20-10-5-6-11(13(16)17)12(9-10)15(14(18)19)7-3-2-4-8-15/h5-6,9,13H,2-4,7-8H2,1H3,(H,18,19). The van der Waals surface area contributed by atoms with Crippen molar-refractivity contribution in [2.45, 2.75) is 43.9 Å². The van der Waals surface area contributed by atoms with E-state index in [-0.39, 0.29) is 11.1 Å². The first-order valence-electron chi connectivity index (χ1n) is 6.71. The van der Waals surface area contributed by atoms with Crippen LogP contribution in [0.2, 0.25) is 0 Å². The molecule has 1 N–H and O–H groups in total. The molecule has 2 rings (SSSR count). The van der Waals surface area contributed by atoms with Gasteiger partial charge in [0.15, 0.2) is 0 Å². The lowest BCUT2D eigenvalue weighted by Gasteiger charge is -2.35. The summed E-state index contributed by atoms with van der Waals surface area (Å²) in [6.07, 6.45) is 0.542. The number of benzene rings is 1. The molecule has 1 aromatic carbocycles. The fourth-order valence-electron chi connectivity index (χ4n) is 3.02. The van der Waals surface area contributed by atoms with Gasteiger partial charge in [0.25, 0.3) is 6.43 Å². The van der Waals surface area contributed by atoms with Crippen LogP contribution in [-0.4, -0.2) is 18.2 Å². The third-order valence-electron chi connectivity index (χ3n) is 4.13. The first-order chi connectivity index (χ1) is 9.51. The van der Waals surface area contributed by atoms with Crippen LogP contribution in [0.4, 0.5) is 8.78 Å². The molecule has 0 unspecified atom stereocenters. The third-order valence-corrected chi connectivity index (χ3v) is 4.13. The zero-order chi connectivity index (χ0) is 14.8.